The van der Waals surface area contributed by atoms with Crippen molar-refractivity contribution in [2.24, 2.45) is 0 Å². The maximum atomic E-state index is 12.3. The van der Waals surface area contributed by atoms with Gasteiger partial charge in [0.1, 0.15) is 5.60 Å². The van der Waals surface area contributed by atoms with Crippen molar-refractivity contribution in [2.45, 2.75) is 45.1 Å². The predicted octanol–water partition coefficient (Wildman–Crippen LogP) is 2.75. The number of rotatable bonds is 3. The number of para-hydroxylation sites is 1. The molecular formula is C21H25N3O6. The van der Waals surface area contributed by atoms with Gasteiger partial charge in [-0.25, -0.2) is 14.3 Å². The van der Waals surface area contributed by atoms with Crippen LogP contribution in [0.25, 0.3) is 5.69 Å². The van der Waals surface area contributed by atoms with E-state index in [9.17, 15) is 24.6 Å². The molecule has 1 saturated heterocycles. The minimum atomic E-state index is -1.51. The van der Waals surface area contributed by atoms with Crippen LogP contribution in [0.1, 0.15) is 55.6 Å². The number of likely N-dealkylation sites (tertiary alicyclic amines) is 1. The first-order chi connectivity index (χ1) is 14.1. The standard InChI is InChI=1S/C21H25N3O6/c1-21(2,3)30-20(29)23-10-8-13(9-11-23)14-6-4-5-7-15(14)24-12-16(25)18(26)17(22-24)19(27)28/h4-7,12-13,25H,8-11H2,1-3H3,(H,27,28). The molecule has 2 heterocycles. The molecule has 0 bridgehead atoms. The molecule has 0 saturated carbocycles. The summed E-state index contributed by atoms with van der Waals surface area (Å²) in [6, 6.07) is 7.28. The second-order valence-electron chi connectivity index (χ2n) is 8.24. The summed E-state index contributed by atoms with van der Waals surface area (Å²) in [6.45, 7) is 6.53. The lowest BCUT2D eigenvalue weighted by molar-refractivity contribution is 0.0204. The van der Waals surface area contributed by atoms with Gasteiger partial charge in [-0.15, -0.1) is 0 Å². The highest BCUT2D eigenvalue weighted by atomic mass is 16.6. The summed E-state index contributed by atoms with van der Waals surface area (Å²) in [5.41, 5.74) is -0.855. The van der Waals surface area contributed by atoms with Crippen molar-refractivity contribution in [3.63, 3.8) is 0 Å². The highest BCUT2D eigenvalue weighted by molar-refractivity contribution is 5.85. The summed E-state index contributed by atoms with van der Waals surface area (Å²) in [5.74, 6) is -2.10. The lowest BCUT2D eigenvalue weighted by atomic mass is 9.88. The SMILES string of the molecule is CC(C)(C)OC(=O)N1CCC(c2ccccc2-n2cc(O)c(=O)c(C(=O)O)n2)CC1. The van der Waals surface area contributed by atoms with Crippen LogP contribution < -0.4 is 5.43 Å². The zero-order chi connectivity index (χ0) is 22.1. The molecule has 1 aromatic heterocycles. The first-order valence-electron chi connectivity index (χ1n) is 9.70. The molecular weight excluding hydrogens is 390 g/mol. The first kappa shape index (κ1) is 21.4. The second kappa shape index (κ2) is 8.17. The second-order valence-corrected chi connectivity index (χ2v) is 8.24. The Bertz CT molecular complexity index is 1020. The fraction of sp³-hybridized carbons (Fsp3) is 0.429. The molecule has 1 aliphatic heterocycles. The third-order valence-corrected chi connectivity index (χ3v) is 4.87. The number of amides is 1. The van der Waals surface area contributed by atoms with Gasteiger partial charge in [-0.3, -0.25) is 4.79 Å². The van der Waals surface area contributed by atoms with E-state index in [1.54, 1.807) is 17.0 Å². The molecule has 0 unspecified atom stereocenters. The van der Waals surface area contributed by atoms with Gasteiger partial charge in [0.15, 0.2) is 5.75 Å². The lowest BCUT2D eigenvalue weighted by Gasteiger charge is -2.34. The summed E-state index contributed by atoms with van der Waals surface area (Å²) in [7, 11) is 0. The van der Waals surface area contributed by atoms with E-state index in [1.807, 2.05) is 32.9 Å². The number of hydrogen-bond acceptors (Lipinski definition) is 6. The Morgan fingerprint density at radius 1 is 1.17 bits per heavy atom. The van der Waals surface area contributed by atoms with E-state index in [1.165, 1.54) is 4.68 Å². The molecule has 0 aliphatic carbocycles. The van der Waals surface area contributed by atoms with Gasteiger partial charge in [0.2, 0.25) is 5.69 Å². The topological polar surface area (TPSA) is 122 Å². The third kappa shape index (κ3) is 4.61. The number of ether oxygens (including phenoxy) is 1. The zero-order valence-electron chi connectivity index (χ0n) is 17.2. The van der Waals surface area contributed by atoms with Gasteiger partial charge in [-0.1, -0.05) is 18.2 Å². The van der Waals surface area contributed by atoms with Crippen molar-refractivity contribution in [1.29, 1.82) is 0 Å². The van der Waals surface area contributed by atoms with Gasteiger partial charge in [-0.2, -0.15) is 5.10 Å². The maximum absolute atomic E-state index is 12.3. The Kier molecular flexibility index (Phi) is 5.82. The maximum Gasteiger partial charge on any atom is 0.410 e. The van der Waals surface area contributed by atoms with Crippen molar-refractivity contribution < 1.29 is 24.5 Å². The van der Waals surface area contributed by atoms with Crippen LogP contribution in [0.15, 0.2) is 35.3 Å². The number of benzene rings is 1. The van der Waals surface area contributed by atoms with Gasteiger partial charge in [0.05, 0.1) is 11.9 Å². The number of hydrogen-bond donors (Lipinski definition) is 2. The number of nitrogens with zero attached hydrogens (tertiary/aromatic N) is 3. The number of aromatic hydroxyl groups is 1. The van der Waals surface area contributed by atoms with Crippen molar-refractivity contribution in [3.05, 3.63) is 51.9 Å². The Labute approximate surface area is 173 Å². The van der Waals surface area contributed by atoms with Crippen LogP contribution in [-0.2, 0) is 4.74 Å². The van der Waals surface area contributed by atoms with Crippen LogP contribution in [0.3, 0.4) is 0 Å². The van der Waals surface area contributed by atoms with E-state index in [4.69, 9.17) is 4.74 Å². The molecule has 160 valence electrons. The monoisotopic (exact) mass is 415 g/mol. The molecule has 1 aromatic carbocycles. The highest BCUT2D eigenvalue weighted by Gasteiger charge is 2.29. The van der Waals surface area contributed by atoms with Gasteiger partial charge in [0.25, 0.3) is 5.43 Å². The molecule has 0 spiro atoms. The average molecular weight is 415 g/mol. The van der Waals surface area contributed by atoms with Crippen molar-refractivity contribution in [3.8, 4) is 11.4 Å². The van der Waals surface area contributed by atoms with Gasteiger partial charge in [-0.05, 0) is 51.2 Å². The number of carbonyl (C=O) groups is 2. The van der Waals surface area contributed by atoms with Crippen LogP contribution in [-0.4, -0.2) is 55.6 Å². The Morgan fingerprint density at radius 2 is 1.80 bits per heavy atom. The van der Waals surface area contributed by atoms with E-state index in [0.717, 1.165) is 11.8 Å². The summed E-state index contributed by atoms with van der Waals surface area (Å²) in [5, 5.41) is 23.0. The summed E-state index contributed by atoms with van der Waals surface area (Å²) in [6.07, 6.45) is 2.15. The van der Waals surface area contributed by atoms with E-state index < -0.39 is 28.4 Å². The molecule has 2 N–H and O–H groups in total. The molecule has 0 radical (unpaired) electrons. The van der Waals surface area contributed by atoms with E-state index >= 15 is 0 Å². The summed E-state index contributed by atoms with van der Waals surface area (Å²) < 4.78 is 6.65. The molecule has 2 aromatic rings. The lowest BCUT2D eigenvalue weighted by Crippen LogP contribution is -2.41. The van der Waals surface area contributed by atoms with E-state index in [-0.39, 0.29) is 12.0 Å². The summed E-state index contributed by atoms with van der Waals surface area (Å²) >= 11 is 0. The van der Waals surface area contributed by atoms with Gasteiger partial charge in [0, 0.05) is 13.1 Å². The summed E-state index contributed by atoms with van der Waals surface area (Å²) in [4.78, 5) is 37.1. The van der Waals surface area contributed by atoms with Crippen LogP contribution in [0.2, 0.25) is 0 Å². The van der Waals surface area contributed by atoms with Crippen molar-refractivity contribution >= 4 is 12.1 Å². The quantitative estimate of drug-likeness (QED) is 0.790. The number of carboxylic acid groups (broad SMARTS) is 1. The minimum absolute atomic E-state index is 0.0940. The van der Waals surface area contributed by atoms with Gasteiger partial charge < -0.3 is 19.8 Å². The Morgan fingerprint density at radius 3 is 2.40 bits per heavy atom. The number of carbonyl (C=O) groups excluding carboxylic acids is 1. The highest BCUT2D eigenvalue weighted by Crippen LogP contribution is 2.32. The van der Waals surface area contributed by atoms with Crippen LogP contribution in [0.5, 0.6) is 5.75 Å². The van der Waals surface area contributed by atoms with Crippen LogP contribution in [0.4, 0.5) is 4.79 Å². The molecule has 3 rings (SSSR count). The Hall–Kier alpha value is -3.36. The molecule has 1 aliphatic rings. The van der Waals surface area contributed by atoms with E-state index in [0.29, 0.717) is 31.6 Å². The average Bonchev–Trinajstić information content (AvgIpc) is 2.68. The van der Waals surface area contributed by atoms with Crippen molar-refractivity contribution in [1.82, 2.24) is 14.7 Å². The first-order valence-corrected chi connectivity index (χ1v) is 9.70. The number of piperidine rings is 1. The number of aromatic nitrogens is 2. The smallest absolute Gasteiger partial charge is 0.410 e. The van der Waals surface area contributed by atoms with Crippen LogP contribution in [0, 0.1) is 0 Å². The predicted molar refractivity (Wildman–Crippen MR) is 108 cm³/mol. The minimum Gasteiger partial charge on any atom is -0.503 e. The third-order valence-electron chi connectivity index (χ3n) is 4.87. The molecule has 0 atom stereocenters. The zero-order valence-corrected chi connectivity index (χ0v) is 17.2. The molecule has 1 amide bonds. The largest absolute Gasteiger partial charge is 0.503 e. The number of carboxylic acids is 1. The van der Waals surface area contributed by atoms with E-state index in [2.05, 4.69) is 5.10 Å². The molecule has 1 fully saturated rings. The number of aromatic carboxylic acids is 1. The Balaban J connectivity index is 1.85. The van der Waals surface area contributed by atoms with Crippen LogP contribution >= 0.6 is 0 Å². The fourth-order valence-electron chi connectivity index (χ4n) is 3.48. The van der Waals surface area contributed by atoms with Gasteiger partial charge >= 0.3 is 12.1 Å². The fourth-order valence-corrected chi connectivity index (χ4v) is 3.48. The van der Waals surface area contributed by atoms with Crippen molar-refractivity contribution in [2.75, 3.05) is 13.1 Å². The normalized spacial score (nSPS) is 15.1. The molecule has 9 heteroatoms. The molecule has 9 nitrogen and oxygen atoms in total. The molecule has 30 heavy (non-hydrogen) atoms.